The lowest BCUT2D eigenvalue weighted by Crippen LogP contribution is -2.30. The minimum Gasteiger partial charge on any atom is -0.457 e. The Labute approximate surface area is 232 Å². The fourth-order valence-corrected chi connectivity index (χ4v) is 5.56. The normalized spacial score (nSPS) is 15.6. The van der Waals surface area contributed by atoms with E-state index in [9.17, 15) is 4.79 Å². The summed E-state index contributed by atoms with van der Waals surface area (Å²) in [6, 6.07) is 17.9. The molecule has 0 spiro atoms. The fraction of sp³-hybridized carbons (Fsp3) is 0.226. The zero-order chi connectivity index (χ0) is 27.6. The van der Waals surface area contributed by atoms with Crippen LogP contribution < -0.4 is 10.5 Å². The maximum Gasteiger partial charge on any atom is 0.245 e. The lowest BCUT2D eigenvalue weighted by atomic mass is 10.00. The fourth-order valence-electron chi connectivity index (χ4n) is 5.56. The number of likely N-dealkylation sites (tertiary alicyclic amines) is 1. The second-order valence-corrected chi connectivity index (χ2v) is 10.0. The first kappa shape index (κ1) is 25.4. The molecule has 40 heavy (non-hydrogen) atoms. The molecule has 9 nitrogen and oxygen atoms in total. The average Bonchev–Trinajstić information content (AvgIpc) is 3.48. The predicted molar refractivity (Wildman–Crippen MR) is 156 cm³/mol. The lowest BCUT2D eigenvalue weighted by molar-refractivity contribution is -0.125. The molecule has 1 saturated heterocycles. The quantitative estimate of drug-likeness (QED) is 0.285. The van der Waals surface area contributed by atoms with E-state index in [1.54, 1.807) is 0 Å². The van der Waals surface area contributed by atoms with Gasteiger partial charge in [0.1, 0.15) is 29.3 Å². The largest absolute Gasteiger partial charge is 0.457 e. The number of nitrogens with two attached hydrogens (primary N) is 1. The Hall–Kier alpha value is -4.92. The van der Waals surface area contributed by atoms with Gasteiger partial charge in [0.2, 0.25) is 5.91 Å². The minimum atomic E-state index is -0.0131. The van der Waals surface area contributed by atoms with Gasteiger partial charge in [0.25, 0.3) is 0 Å². The number of carbonyl (C=O) groups is 1. The number of carbonyl (C=O) groups excluding carboxylic acids is 1. The van der Waals surface area contributed by atoms with E-state index >= 15 is 0 Å². The van der Waals surface area contributed by atoms with Crippen molar-refractivity contribution in [3.8, 4) is 33.9 Å². The molecule has 4 heterocycles. The molecule has 9 heteroatoms. The van der Waals surface area contributed by atoms with Gasteiger partial charge >= 0.3 is 0 Å². The molecule has 0 aliphatic carbocycles. The highest BCUT2D eigenvalue weighted by atomic mass is 16.5. The van der Waals surface area contributed by atoms with Gasteiger partial charge in [-0.3, -0.25) is 9.48 Å². The van der Waals surface area contributed by atoms with Gasteiger partial charge in [-0.1, -0.05) is 36.9 Å². The first-order valence-corrected chi connectivity index (χ1v) is 13.4. The van der Waals surface area contributed by atoms with E-state index in [4.69, 9.17) is 15.6 Å². The molecule has 2 N–H and O–H groups in total. The van der Waals surface area contributed by atoms with Crippen molar-refractivity contribution in [3.63, 3.8) is 0 Å². The molecular weight excluding hydrogens is 502 g/mol. The number of nitrogens with zero attached hydrogens (tertiary/aromatic N) is 6. The van der Waals surface area contributed by atoms with Gasteiger partial charge in [-0.2, -0.15) is 5.10 Å². The summed E-state index contributed by atoms with van der Waals surface area (Å²) in [7, 11) is 1.99. The van der Waals surface area contributed by atoms with Crippen molar-refractivity contribution < 1.29 is 9.53 Å². The summed E-state index contributed by atoms with van der Waals surface area (Å²) in [6.07, 6.45) is 9.57. The predicted octanol–water partition coefficient (Wildman–Crippen LogP) is 5.61. The molecule has 0 bridgehead atoms. The van der Waals surface area contributed by atoms with Crippen molar-refractivity contribution in [1.82, 2.24) is 29.2 Å². The number of hydrogen-bond acceptors (Lipinski definition) is 6. The summed E-state index contributed by atoms with van der Waals surface area (Å²) in [5, 5.41) is 5.57. The summed E-state index contributed by atoms with van der Waals surface area (Å²) in [6.45, 7) is 5.06. The zero-order valence-electron chi connectivity index (χ0n) is 22.4. The van der Waals surface area contributed by atoms with Gasteiger partial charge in [-0.25, -0.2) is 9.97 Å². The highest BCUT2D eigenvalue weighted by molar-refractivity contribution is 6.07. The number of amides is 1. The number of aryl methyl sites for hydroxylation is 1. The molecule has 202 valence electrons. The van der Waals surface area contributed by atoms with Gasteiger partial charge in [0, 0.05) is 37.5 Å². The van der Waals surface area contributed by atoms with E-state index in [2.05, 4.69) is 27.3 Å². The van der Waals surface area contributed by atoms with Crippen molar-refractivity contribution in [1.29, 1.82) is 0 Å². The van der Waals surface area contributed by atoms with E-state index in [1.165, 1.54) is 12.4 Å². The molecular formula is C31H31N7O2. The van der Waals surface area contributed by atoms with Crippen LogP contribution in [0.5, 0.6) is 11.5 Å². The topological polar surface area (TPSA) is 104 Å². The Balaban J connectivity index is 1.37. The van der Waals surface area contributed by atoms with Crippen molar-refractivity contribution in [2.75, 3.05) is 18.8 Å². The van der Waals surface area contributed by atoms with Crippen molar-refractivity contribution in [2.24, 2.45) is 7.05 Å². The molecule has 0 saturated carbocycles. The number of fused-ring (bicyclic) bond motifs is 1. The minimum absolute atomic E-state index is 0.0131. The van der Waals surface area contributed by atoms with Gasteiger partial charge in [-0.15, -0.1) is 0 Å². The monoisotopic (exact) mass is 533 g/mol. The standard InChI is InChI=1S/C31H31N7O2/c1-3-26(39)37-16-7-8-23(15-17-37)38-19-22(18-35-38)29-27(28-30(32)33-20-34-31(28)36(29)2)21-11-13-25(14-12-21)40-24-9-5-4-6-10-24/h3-6,9-14,18-20,23H,1,7-8,15-17H2,2H3,(H2,32,33,34). The number of rotatable bonds is 6. The van der Waals surface area contributed by atoms with Gasteiger partial charge in [-0.05, 0) is 55.2 Å². The van der Waals surface area contributed by atoms with E-state index < -0.39 is 0 Å². The Kier molecular flexibility index (Phi) is 6.77. The van der Waals surface area contributed by atoms with Crippen molar-refractivity contribution in [3.05, 3.63) is 86.0 Å². The maximum atomic E-state index is 12.1. The number of ether oxygens (including phenoxy) is 1. The Morgan fingerprint density at radius 2 is 1.80 bits per heavy atom. The third-order valence-corrected chi connectivity index (χ3v) is 7.55. The highest BCUT2D eigenvalue weighted by Crippen LogP contribution is 2.42. The second-order valence-electron chi connectivity index (χ2n) is 10.0. The number of anilines is 1. The summed E-state index contributed by atoms with van der Waals surface area (Å²) < 4.78 is 10.1. The molecule has 5 aromatic rings. The number of benzene rings is 2. The van der Waals surface area contributed by atoms with E-state index in [-0.39, 0.29) is 11.9 Å². The molecule has 6 rings (SSSR count). The first-order chi connectivity index (χ1) is 19.5. The third kappa shape index (κ3) is 4.70. The number of aromatic nitrogens is 5. The SMILES string of the molecule is C=CC(=O)N1CCCC(n2cc(-c3c(-c4ccc(Oc5ccccc5)cc4)c4c(N)ncnc4n3C)cn2)CC1. The average molecular weight is 534 g/mol. The van der Waals surface area contributed by atoms with Crippen molar-refractivity contribution >= 4 is 22.8 Å². The summed E-state index contributed by atoms with van der Waals surface area (Å²) in [4.78, 5) is 22.9. The molecule has 0 radical (unpaired) electrons. The smallest absolute Gasteiger partial charge is 0.245 e. The molecule has 1 aliphatic heterocycles. The Morgan fingerprint density at radius 3 is 2.58 bits per heavy atom. The van der Waals surface area contributed by atoms with Crippen LogP contribution in [0.15, 0.2) is 86.0 Å². The van der Waals surface area contributed by atoms with E-state index in [1.807, 2.05) is 77.4 Å². The van der Waals surface area contributed by atoms with Gasteiger partial charge in [0.05, 0.1) is 23.3 Å². The summed E-state index contributed by atoms with van der Waals surface area (Å²) in [5.74, 6) is 1.93. The zero-order valence-corrected chi connectivity index (χ0v) is 22.4. The summed E-state index contributed by atoms with van der Waals surface area (Å²) in [5.41, 5.74) is 11.0. The van der Waals surface area contributed by atoms with Gasteiger partial charge in [0.15, 0.2) is 0 Å². The highest BCUT2D eigenvalue weighted by Gasteiger charge is 2.25. The van der Waals surface area contributed by atoms with Crippen LogP contribution in [-0.2, 0) is 11.8 Å². The van der Waals surface area contributed by atoms with Crippen LogP contribution in [0.25, 0.3) is 33.4 Å². The van der Waals surface area contributed by atoms with Crippen LogP contribution in [0.2, 0.25) is 0 Å². The second kappa shape index (κ2) is 10.7. The third-order valence-electron chi connectivity index (χ3n) is 7.55. The number of hydrogen-bond donors (Lipinski definition) is 1. The molecule has 1 fully saturated rings. The molecule has 1 unspecified atom stereocenters. The molecule has 1 amide bonds. The lowest BCUT2D eigenvalue weighted by Gasteiger charge is -2.18. The van der Waals surface area contributed by atoms with Crippen molar-refractivity contribution in [2.45, 2.75) is 25.3 Å². The Morgan fingerprint density at radius 1 is 1.02 bits per heavy atom. The van der Waals surface area contributed by atoms with Crippen LogP contribution in [0, 0.1) is 0 Å². The molecule has 1 atom stereocenters. The summed E-state index contributed by atoms with van der Waals surface area (Å²) >= 11 is 0. The van der Waals surface area contributed by atoms with Gasteiger partial charge < -0.3 is 19.9 Å². The first-order valence-electron chi connectivity index (χ1n) is 13.4. The molecule has 2 aromatic carbocycles. The molecule has 3 aromatic heterocycles. The van der Waals surface area contributed by atoms with E-state index in [0.717, 1.165) is 70.7 Å². The number of nitrogen functional groups attached to an aromatic ring is 1. The van der Waals surface area contributed by atoms with Crippen LogP contribution in [0.4, 0.5) is 5.82 Å². The van der Waals surface area contributed by atoms with Crippen LogP contribution in [-0.4, -0.2) is 48.2 Å². The molecule has 1 aliphatic rings. The number of para-hydroxylation sites is 1. The van der Waals surface area contributed by atoms with Crippen LogP contribution >= 0.6 is 0 Å². The van der Waals surface area contributed by atoms with E-state index in [0.29, 0.717) is 12.4 Å². The van der Waals surface area contributed by atoms with Crippen LogP contribution in [0.3, 0.4) is 0 Å². The van der Waals surface area contributed by atoms with Crippen LogP contribution in [0.1, 0.15) is 25.3 Å². The Bertz CT molecular complexity index is 1670. The maximum absolute atomic E-state index is 12.1.